The fraction of sp³-hybridized carbons (Fsp3) is 0.267. The molecule has 3 aromatic carbocycles. The fourth-order valence-electron chi connectivity index (χ4n) is 3.67. The Morgan fingerprint density at radius 2 is 1.03 bits per heavy atom. The van der Waals surface area contributed by atoms with E-state index in [2.05, 4.69) is 102 Å². The van der Waals surface area contributed by atoms with Gasteiger partial charge in [-0.2, -0.15) is 0 Å². The molecule has 0 aliphatic heterocycles. The summed E-state index contributed by atoms with van der Waals surface area (Å²) in [5.74, 6) is 0. The summed E-state index contributed by atoms with van der Waals surface area (Å²) < 4.78 is 0. The topological polar surface area (TPSA) is 52.0 Å². The van der Waals surface area contributed by atoms with E-state index < -0.39 is 0 Å². The quantitative estimate of drug-likeness (QED) is 0.117. The Labute approximate surface area is 203 Å². The lowest BCUT2D eigenvalue weighted by molar-refractivity contribution is 0.678. The first-order chi connectivity index (χ1) is 16.7. The van der Waals surface area contributed by atoms with Gasteiger partial charge in [0, 0.05) is 29.4 Å². The first kappa shape index (κ1) is 24.9. The molecule has 0 spiro atoms. The van der Waals surface area contributed by atoms with Crippen LogP contribution in [0.25, 0.3) is 34.7 Å². The molecule has 0 bridgehead atoms. The highest BCUT2D eigenvalue weighted by molar-refractivity contribution is 5.73. The zero-order valence-corrected chi connectivity index (χ0v) is 20.3. The van der Waals surface area contributed by atoms with Crippen molar-refractivity contribution in [3.8, 4) is 0 Å². The average Bonchev–Trinajstić information content (AvgIpc) is 2.88. The van der Waals surface area contributed by atoms with E-state index in [1.807, 2.05) is 24.3 Å². The van der Waals surface area contributed by atoms with Crippen molar-refractivity contribution in [3.63, 3.8) is 0 Å². The summed E-state index contributed by atoms with van der Waals surface area (Å²) in [5, 5.41) is 3.60. The number of nitrogens with zero attached hydrogens (tertiary/aromatic N) is 4. The maximum absolute atomic E-state index is 8.49. The highest BCUT2D eigenvalue weighted by atomic mass is 15.1. The molecule has 0 aliphatic rings. The zero-order chi connectivity index (χ0) is 24.0. The van der Waals surface area contributed by atoms with Crippen molar-refractivity contribution >= 4 is 35.7 Å². The van der Waals surface area contributed by atoms with Gasteiger partial charge in [-0.15, -0.1) is 0 Å². The van der Waals surface area contributed by atoms with E-state index >= 15 is 0 Å². The molecule has 0 saturated heterocycles. The Bertz CT molecular complexity index is 1100. The molecule has 34 heavy (non-hydrogen) atoms. The minimum atomic E-state index is 0.621. The fourth-order valence-corrected chi connectivity index (χ4v) is 3.67. The van der Waals surface area contributed by atoms with E-state index in [9.17, 15) is 0 Å². The van der Waals surface area contributed by atoms with Crippen LogP contribution in [0.15, 0.2) is 77.9 Å². The molecular weight excluding hydrogens is 416 g/mol. The van der Waals surface area contributed by atoms with Crippen LogP contribution in [-0.4, -0.2) is 13.1 Å². The van der Waals surface area contributed by atoms with Gasteiger partial charge >= 0.3 is 0 Å². The Balaban J connectivity index is 1.59. The molecule has 0 saturated carbocycles. The van der Waals surface area contributed by atoms with Crippen LogP contribution < -0.4 is 4.90 Å². The molecule has 0 amide bonds. The van der Waals surface area contributed by atoms with Crippen molar-refractivity contribution in [2.75, 3.05) is 18.0 Å². The number of hydrogen-bond donors (Lipinski definition) is 0. The maximum atomic E-state index is 8.49. The number of rotatable bonds is 12. The average molecular weight is 451 g/mol. The molecule has 3 rings (SSSR count). The SMILES string of the molecule is CCCCN(CCCC)c1ccc(/C=C/c2ccc(/C=C/c3ccc(N=[N+]=[N-])cc3)cc2)cc1. The van der Waals surface area contributed by atoms with Gasteiger partial charge < -0.3 is 4.90 Å². The van der Waals surface area contributed by atoms with Crippen molar-refractivity contribution in [1.29, 1.82) is 0 Å². The molecule has 0 unspecified atom stereocenters. The second-order valence-corrected chi connectivity index (χ2v) is 8.40. The highest BCUT2D eigenvalue weighted by Crippen LogP contribution is 2.19. The molecule has 0 aliphatic carbocycles. The molecule has 0 radical (unpaired) electrons. The number of benzene rings is 3. The lowest BCUT2D eigenvalue weighted by Gasteiger charge is -2.24. The number of azide groups is 1. The van der Waals surface area contributed by atoms with Gasteiger partial charge in [-0.05, 0) is 52.8 Å². The van der Waals surface area contributed by atoms with Crippen molar-refractivity contribution in [2.45, 2.75) is 39.5 Å². The van der Waals surface area contributed by atoms with E-state index in [1.54, 1.807) is 0 Å². The molecule has 0 fully saturated rings. The molecule has 3 aromatic rings. The molecule has 0 aromatic heterocycles. The highest BCUT2D eigenvalue weighted by Gasteiger charge is 2.05. The molecular formula is C30H34N4. The lowest BCUT2D eigenvalue weighted by atomic mass is 10.1. The minimum absolute atomic E-state index is 0.621. The predicted molar refractivity (Wildman–Crippen MR) is 148 cm³/mol. The summed E-state index contributed by atoms with van der Waals surface area (Å²) in [7, 11) is 0. The van der Waals surface area contributed by atoms with Gasteiger partial charge in [0.25, 0.3) is 0 Å². The Morgan fingerprint density at radius 1 is 0.647 bits per heavy atom. The van der Waals surface area contributed by atoms with Crippen molar-refractivity contribution in [1.82, 2.24) is 0 Å². The molecule has 174 valence electrons. The van der Waals surface area contributed by atoms with Crippen LogP contribution in [0.1, 0.15) is 61.8 Å². The summed E-state index contributed by atoms with van der Waals surface area (Å²) in [6, 6.07) is 24.9. The van der Waals surface area contributed by atoms with Crippen LogP contribution in [0, 0.1) is 0 Å². The van der Waals surface area contributed by atoms with Gasteiger partial charge in [0.2, 0.25) is 0 Å². The molecule has 0 heterocycles. The zero-order valence-electron chi connectivity index (χ0n) is 20.3. The standard InChI is InChI=1S/C30H34N4/c1-3-5-23-34(24-6-4-2)30-21-17-28(18-22-30)14-12-26-9-7-25(8-10-26)11-13-27-15-19-29(20-16-27)32-33-31/h7-22H,3-6,23-24H2,1-2H3/b13-11+,14-12+. The van der Waals surface area contributed by atoms with Crippen LogP contribution >= 0.6 is 0 Å². The molecule has 0 N–H and O–H groups in total. The van der Waals surface area contributed by atoms with Gasteiger partial charge in [-0.1, -0.05) is 117 Å². The van der Waals surface area contributed by atoms with Gasteiger partial charge in [0.15, 0.2) is 0 Å². The second-order valence-electron chi connectivity index (χ2n) is 8.40. The number of anilines is 1. The largest absolute Gasteiger partial charge is 0.372 e. The lowest BCUT2D eigenvalue weighted by Crippen LogP contribution is -2.25. The normalized spacial score (nSPS) is 11.1. The molecule has 0 atom stereocenters. The van der Waals surface area contributed by atoms with Gasteiger partial charge in [-0.25, -0.2) is 0 Å². The van der Waals surface area contributed by atoms with Crippen LogP contribution in [0.3, 0.4) is 0 Å². The van der Waals surface area contributed by atoms with E-state index in [0.717, 1.165) is 24.2 Å². The van der Waals surface area contributed by atoms with Gasteiger partial charge in [0.05, 0.1) is 0 Å². The van der Waals surface area contributed by atoms with Gasteiger partial charge in [-0.3, -0.25) is 0 Å². The van der Waals surface area contributed by atoms with Crippen LogP contribution in [0.2, 0.25) is 0 Å². The molecule has 4 nitrogen and oxygen atoms in total. The van der Waals surface area contributed by atoms with E-state index in [1.165, 1.54) is 42.5 Å². The van der Waals surface area contributed by atoms with Crippen molar-refractivity contribution in [3.05, 3.63) is 105 Å². The van der Waals surface area contributed by atoms with Crippen LogP contribution in [-0.2, 0) is 0 Å². The summed E-state index contributed by atoms with van der Waals surface area (Å²) in [5.41, 5.74) is 15.0. The predicted octanol–water partition coefficient (Wildman–Crippen LogP) is 9.38. The molecule has 4 heteroatoms. The van der Waals surface area contributed by atoms with E-state index in [4.69, 9.17) is 5.53 Å². The Morgan fingerprint density at radius 3 is 1.41 bits per heavy atom. The summed E-state index contributed by atoms with van der Waals surface area (Å²) >= 11 is 0. The number of hydrogen-bond acceptors (Lipinski definition) is 2. The monoisotopic (exact) mass is 450 g/mol. The maximum Gasteiger partial charge on any atom is 0.0375 e. The Kier molecular flexibility index (Phi) is 10.0. The third-order valence-electron chi connectivity index (χ3n) is 5.75. The third-order valence-corrected chi connectivity index (χ3v) is 5.75. The number of unbranched alkanes of at least 4 members (excludes halogenated alkanes) is 2. The second kappa shape index (κ2) is 13.7. The summed E-state index contributed by atoms with van der Waals surface area (Å²) in [6.07, 6.45) is 13.4. The smallest absolute Gasteiger partial charge is 0.0375 e. The summed E-state index contributed by atoms with van der Waals surface area (Å²) in [6.45, 7) is 6.77. The van der Waals surface area contributed by atoms with Gasteiger partial charge in [0.1, 0.15) is 0 Å². The minimum Gasteiger partial charge on any atom is -0.372 e. The Hall–Kier alpha value is -3.75. The van der Waals surface area contributed by atoms with E-state index in [0.29, 0.717) is 5.69 Å². The van der Waals surface area contributed by atoms with Crippen LogP contribution in [0.5, 0.6) is 0 Å². The first-order valence-corrected chi connectivity index (χ1v) is 12.2. The van der Waals surface area contributed by atoms with Crippen LogP contribution in [0.4, 0.5) is 11.4 Å². The van der Waals surface area contributed by atoms with Crippen molar-refractivity contribution < 1.29 is 0 Å². The third kappa shape index (κ3) is 7.99. The first-order valence-electron chi connectivity index (χ1n) is 12.2. The summed E-state index contributed by atoms with van der Waals surface area (Å²) in [4.78, 5) is 5.32. The van der Waals surface area contributed by atoms with Crippen molar-refractivity contribution in [2.24, 2.45) is 5.11 Å². The van der Waals surface area contributed by atoms with E-state index in [-0.39, 0.29) is 0 Å².